The van der Waals surface area contributed by atoms with E-state index in [0.717, 1.165) is 34.2 Å². The number of hydrogen-bond donors (Lipinski definition) is 2. The smallest absolute Gasteiger partial charge is 0.226 e. The first-order valence-electron chi connectivity index (χ1n) is 12.3. The van der Waals surface area contributed by atoms with Crippen molar-refractivity contribution in [2.75, 3.05) is 18.5 Å². The van der Waals surface area contributed by atoms with E-state index in [4.69, 9.17) is 21.4 Å². The van der Waals surface area contributed by atoms with Crippen molar-refractivity contribution >= 4 is 28.9 Å². The van der Waals surface area contributed by atoms with Gasteiger partial charge in [-0.1, -0.05) is 24.3 Å². The van der Waals surface area contributed by atoms with Crippen molar-refractivity contribution < 1.29 is 13.9 Å². The van der Waals surface area contributed by atoms with E-state index >= 15 is 0 Å². The van der Waals surface area contributed by atoms with Crippen LogP contribution in [0.4, 0.5) is 5.69 Å². The highest BCUT2D eigenvalue weighted by Crippen LogP contribution is 2.40. The summed E-state index contributed by atoms with van der Waals surface area (Å²) in [7, 11) is 0. The number of thiocarbonyl (C=S) groups is 1. The summed E-state index contributed by atoms with van der Waals surface area (Å²) in [4.78, 5) is 19.3. The first-order chi connectivity index (χ1) is 18.1. The zero-order valence-corrected chi connectivity index (χ0v) is 21.3. The molecule has 1 aliphatic heterocycles. The molecule has 7 nitrogen and oxygen atoms in total. The Balaban J connectivity index is 1.38. The number of rotatable bonds is 9. The maximum Gasteiger partial charge on any atom is 0.226 e. The molecular weight excluding hydrogens is 484 g/mol. The molecule has 37 heavy (non-hydrogen) atoms. The van der Waals surface area contributed by atoms with Gasteiger partial charge in [0.1, 0.15) is 23.3 Å². The van der Waals surface area contributed by atoms with Gasteiger partial charge in [-0.15, -0.1) is 0 Å². The summed E-state index contributed by atoms with van der Waals surface area (Å²) in [6.45, 7) is 3.01. The van der Waals surface area contributed by atoms with E-state index < -0.39 is 0 Å². The minimum atomic E-state index is -0.261. The minimum absolute atomic E-state index is 0.0800. The van der Waals surface area contributed by atoms with Crippen molar-refractivity contribution in [3.63, 3.8) is 0 Å². The molecule has 2 N–H and O–H groups in total. The molecule has 4 aromatic rings. The lowest BCUT2D eigenvalue weighted by Crippen LogP contribution is -2.32. The molecule has 0 aliphatic carbocycles. The van der Waals surface area contributed by atoms with Crippen LogP contribution in [0.2, 0.25) is 0 Å². The molecule has 0 spiro atoms. The SMILES string of the molecule is CCOc1ccc(-c2ccc(C3C(c4ccccn4)NC(=S)N3CCC(=O)Nc3ccccc3)o2)cc1. The summed E-state index contributed by atoms with van der Waals surface area (Å²) in [5.41, 5.74) is 2.57. The maximum absolute atomic E-state index is 12.7. The van der Waals surface area contributed by atoms with Crippen LogP contribution >= 0.6 is 12.2 Å². The van der Waals surface area contributed by atoms with E-state index in [1.807, 2.05) is 96.8 Å². The standard InChI is InChI=1S/C29H28N4O3S/c1-2-35-22-13-11-20(12-14-22)24-15-16-25(36-24)28-27(23-10-6-7-18-30-23)32-29(37)33(28)19-17-26(34)31-21-8-4-3-5-9-21/h3-16,18,27-28H,2,17,19H2,1H3,(H,31,34)(H,32,37). The Morgan fingerprint density at radius 2 is 1.84 bits per heavy atom. The average molecular weight is 513 g/mol. The van der Waals surface area contributed by atoms with E-state index in [1.54, 1.807) is 6.20 Å². The molecular formula is C29H28N4O3S. The van der Waals surface area contributed by atoms with Crippen LogP contribution in [0.25, 0.3) is 11.3 Å². The molecule has 8 heteroatoms. The van der Waals surface area contributed by atoms with Crippen LogP contribution in [-0.2, 0) is 4.79 Å². The van der Waals surface area contributed by atoms with Crippen LogP contribution in [0, 0.1) is 0 Å². The number of para-hydroxylation sites is 1. The predicted octanol–water partition coefficient (Wildman–Crippen LogP) is 5.74. The van der Waals surface area contributed by atoms with Crippen LogP contribution in [0.5, 0.6) is 5.75 Å². The Morgan fingerprint density at radius 3 is 2.57 bits per heavy atom. The van der Waals surface area contributed by atoms with Gasteiger partial charge < -0.3 is 24.7 Å². The van der Waals surface area contributed by atoms with Crippen molar-refractivity contribution in [3.05, 3.63) is 103 Å². The zero-order valence-electron chi connectivity index (χ0n) is 20.5. The monoisotopic (exact) mass is 512 g/mol. The number of hydrogen-bond acceptors (Lipinski definition) is 5. The average Bonchev–Trinajstić information content (AvgIpc) is 3.54. The molecule has 1 saturated heterocycles. The molecule has 1 aliphatic rings. The first kappa shape index (κ1) is 24.5. The highest BCUT2D eigenvalue weighted by Gasteiger charge is 2.41. The largest absolute Gasteiger partial charge is 0.494 e. The highest BCUT2D eigenvalue weighted by atomic mass is 32.1. The number of aromatic nitrogens is 1. The van der Waals surface area contributed by atoms with E-state index in [1.165, 1.54) is 0 Å². The van der Waals surface area contributed by atoms with Gasteiger partial charge in [0, 0.05) is 30.4 Å². The van der Waals surface area contributed by atoms with Crippen molar-refractivity contribution in [2.45, 2.75) is 25.4 Å². The van der Waals surface area contributed by atoms with Gasteiger partial charge in [-0.25, -0.2) is 0 Å². The van der Waals surface area contributed by atoms with Crippen LogP contribution in [-0.4, -0.2) is 34.1 Å². The third-order valence-electron chi connectivity index (χ3n) is 6.20. The lowest BCUT2D eigenvalue weighted by atomic mass is 10.0. The molecule has 5 rings (SSSR count). The molecule has 0 saturated carbocycles. The van der Waals surface area contributed by atoms with E-state index in [0.29, 0.717) is 18.3 Å². The van der Waals surface area contributed by atoms with Gasteiger partial charge in [0.15, 0.2) is 5.11 Å². The number of carbonyl (C=O) groups excluding carboxylic acids is 1. The van der Waals surface area contributed by atoms with Gasteiger partial charge in [0.25, 0.3) is 0 Å². The lowest BCUT2D eigenvalue weighted by Gasteiger charge is -2.25. The number of furan rings is 1. The quantitative estimate of drug-likeness (QED) is 0.277. The molecule has 3 heterocycles. The van der Waals surface area contributed by atoms with Gasteiger partial charge in [-0.05, 0) is 79.8 Å². The zero-order chi connectivity index (χ0) is 25.6. The van der Waals surface area contributed by atoms with Gasteiger partial charge >= 0.3 is 0 Å². The lowest BCUT2D eigenvalue weighted by molar-refractivity contribution is -0.116. The fourth-order valence-electron chi connectivity index (χ4n) is 4.47. The van der Waals surface area contributed by atoms with Crippen LogP contribution in [0.1, 0.15) is 36.9 Å². The highest BCUT2D eigenvalue weighted by molar-refractivity contribution is 7.80. The molecule has 2 aromatic carbocycles. The van der Waals surface area contributed by atoms with Crippen LogP contribution in [0.3, 0.4) is 0 Å². The summed E-state index contributed by atoms with van der Waals surface area (Å²) in [5, 5.41) is 6.90. The molecule has 2 aromatic heterocycles. The van der Waals surface area contributed by atoms with Gasteiger partial charge in [-0.2, -0.15) is 0 Å². The number of amides is 1. The summed E-state index contributed by atoms with van der Waals surface area (Å²) in [6.07, 6.45) is 2.04. The molecule has 188 valence electrons. The number of pyridine rings is 1. The second-order valence-corrected chi connectivity index (χ2v) is 9.03. The minimum Gasteiger partial charge on any atom is -0.494 e. The fraction of sp³-hybridized carbons (Fsp3) is 0.207. The summed E-state index contributed by atoms with van der Waals surface area (Å²) in [5.74, 6) is 2.23. The van der Waals surface area contributed by atoms with Crippen molar-refractivity contribution in [2.24, 2.45) is 0 Å². The number of anilines is 1. The molecule has 2 atom stereocenters. The Hall–Kier alpha value is -4.17. The van der Waals surface area contributed by atoms with Crippen molar-refractivity contribution in [3.8, 4) is 17.1 Å². The topological polar surface area (TPSA) is 79.6 Å². The summed E-state index contributed by atoms with van der Waals surface area (Å²) in [6, 6.07) is 26.5. The first-order valence-corrected chi connectivity index (χ1v) is 12.7. The molecule has 2 unspecified atom stereocenters. The van der Waals surface area contributed by atoms with Gasteiger partial charge in [0.2, 0.25) is 5.91 Å². The third-order valence-corrected chi connectivity index (χ3v) is 6.56. The number of ether oxygens (including phenoxy) is 1. The number of carbonyl (C=O) groups is 1. The second kappa shape index (κ2) is 11.3. The van der Waals surface area contributed by atoms with Crippen LogP contribution in [0.15, 0.2) is 95.5 Å². The van der Waals surface area contributed by atoms with E-state index in [-0.39, 0.29) is 24.4 Å². The number of nitrogens with zero attached hydrogens (tertiary/aromatic N) is 2. The normalized spacial score (nSPS) is 16.9. The summed E-state index contributed by atoms with van der Waals surface area (Å²) < 4.78 is 11.9. The molecule has 1 amide bonds. The van der Waals surface area contributed by atoms with E-state index in [2.05, 4.69) is 15.6 Å². The van der Waals surface area contributed by atoms with Crippen LogP contribution < -0.4 is 15.4 Å². The Bertz CT molecular complexity index is 1340. The summed E-state index contributed by atoms with van der Waals surface area (Å²) >= 11 is 5.72. The van der Waals surface area contributed by atoms with E-state index in [9.17, 15) is 4.79 Å². The molecule has 0 radical (unpaired) electrons. The molecule has 1 fully saturated rings. The van der Waals surface area contributed by atoms with Crippen molar-refractivity contribution in [1.82, 2.24) is 15.2 Å². The predicted molar refractivity (Wildman–Crippen MR) is 147 cm³/mol. The Labute approximate surface area is 221 Å². The Kier molecular flexibility index (Phi) is 7.46. The number of benzene rings is 2. The van der Waals surface area contributed by atoms with Crippen molar-refractivity contribution in [1.29, 1.82) is 0 Å². The second-order valence-electron chi connectivity index (χ2n) is 8.64. The fourth-order valence-corrected chi connectivity index (χ4v) is 4.80. The Morgan fingerprint density at radius 1 is 1.05 bits per heavy atom. The van der Waals surface area contributed by atoms with Gasteiger partial charge in [0.05, 0.1) is 18.3 Å². The third kappa shape index (κ3) is 5.65. The number of nitrogens with one attached hydrogen (secondary N) is 2. The molecule has 0 bridgehead atoms. The maximum atomic E-state index is 12.7. The van der Waals surface area contributed by atoms with Gasteiger partial charge in [-0.3, -0.25) is 9.78 Å².